The lowest BCUT2D eigenvalue weighted by atomic mass is 9.79. The highest BCUT2D eigenvalue weighted by Crippen LogP contribution is 2.36. The minimum absolute atomic E-state index is 0.545. The van der Waals surface area contributed by atoms with Gasteiger partial charge in [-0.05, 0) is 79.8 Å². The molecule has 0 heterocycles. The van der Waals surface area contributed by atoms with Crippen LogP contribution < -0.4 is 4.74 Å². The summed E-state index contributed by atoms with van der Waals surface area (Å²) in [5.41, 5.74) is 4.04. The van der Waals surface area contributed by atoms with Crippen molar-refractivity contribution in [1.29, 1.82) is 0 Å². The van der Waals surface area contributed by atoms with E-state index in [1.54, 1.807) is 7.11 Å². The fraction of sp³-hybridized carbons (Fsp3) is 0.462. The number of benzene rings is 2. The van der Waals surface area contributed by atoms with E-state index in [1.165, 1.54) is 62.5 Å². The molecule has 3 rings (SSSR count). The summed E-state index contributed by atoms with van der Waals surface area (Å²) in [7, 11) is 1.72. The Kier molecular flexibility index (Phi) is 7.40. The average molecular weight is 361 g/mol. The highest BCUT2D eigenvalue weighted by atomic mass is 16.5. The van der Waals surface area contributed by atoms with E-state index in [4.69, 9.17) is 4.74 Å². The first-order valence-electron chi connectivity index (χ1n) is 10.5. The van der Waals surface area contributed by atoms with Crippen molar-refractivity contribution in [2.45, 2.75) is 64.2 Å². The molecule has 142 valence electrons. The monoisotopic (exact) mass is 360 g/mol. The molecule has 0 amide bonds. The first-order valence-corrected chi connectivity index (χ1v) is 10.5. The second kappa shape index (κ2) is 10.2. The number of hydrogen-bond acceptors (Lipinski definition) is 1. The van der Waals surface area contributed by atoms with Crippen molar-refractivity contribution in [3.8, 4) is 17.6 Å². The molecule has 1 aliphatic carbocycles. The molecule has 0 N–H and O–H groups in total. The lowest BCUT2D eigenvalue weighted by Gasteiger charge is -2.26. The van der Waals surface area contributed by atoms with Crippen molar-refractivity contribution < 1.29 is 4.74 Å². The number of methoxy groups -OCH3 is 1. The molecule has 27 heavy (non-hydrogen) atoms. The van der Waals surface area contributed by atoms with Crippen LogP contribution in [0, 0.1) is 17.8 Å². The van der Waals surface area contributed by atoms with Gasteiger partial charge in [0.2, 0.25) is 0 Å². The Bertz CT molecular complexity index is 738. The van der Waals surface area contributed by atoms with Crippen LogP contribution in [-0.2, 0) is 6.42 Å². The Morgan fingerprint density at radius 3 is 2.22 bits per heavy atom. The number of hydrogen-bond donors (Lipinski definition) is 0. The summed E-state index contributed by atoms with van der Waals surface area (Å²) < 4.78 is 5.26. The predicted octanol–water partition coefficient (Wildman–Crippen LogP) is 6.75. The van der Waals surface area contributed by atoms with Gasteiger partial charge in [0.05, 0.1) is 7.11 Å². The van der Waals surface area contributed by atoms with Crippen LogP contribution in [0.2, 0.25) is 0 Å². The van der Waals surface area contributed by atoms with Crippen molar-refractivity contribution in [2.75, 3.05) is 7.11 Å². The highest BCUT2D eigenvalue weighted by molar-refractivity contribution is 5.37. The second-order valence-electron chi connectivity index (χ2n) is 7.75. The van der Waals surface area contributed by atoms with Crippen LogP contribution in [0.5, 0.6) is 5.75 Å². The topological polar surface area (TPSA) is 9.23 Å². The Hall–Kier alpha value is -2.20. The maximum absolute atomic E-state index is 5.26. The number of aryl methyl sites for hydroxylation is 1. The molecule has 0 spiro atoms. The summed E-state index contributed by atoms with van der Waals surface area (Å²) in [5.74, 6) is 9.10. The van der Waals surface area contributed by atoms with E-state index in [2.05, 4.69) is 67.3 Å². The highest BCUT2D eigenvalue weighted by Gasteiger charge is 2.21. The molecular weight excluding hydrogens is 328 g/mol. The lowest BCUT2D eigenvalue weighted by molar-refractivity contribution is 0.383. The van der Waals surface area contributed by atoms with Gasteiger partial charge in [0.25, 0.3) is 0 Å². The molecule has 0 bridgehead atoms. The van der Waals surface area contributed by atoms with Crippen molar-refractivity contribution >= 4 is 0 Å². The fourth-order valence-corrected chi connectivity index (χ4v) is 3.97. The van der Waals surface area contributed by atoms with Gasteiger partial charge in [-0.1, -0.05) is 55.9 Å². The molecule has 1 nitrogen and oxygen atoms in total. The van der Waals surface area contributed by atoms with Gasteiger partial charge in [-0.2, -0.15) is 0 Å². The second-order valence-corrected chi connectivity index (χ2v) is 7.75. The molecule has 0 aromatic heterocycles. The van der Waals surface area contributed by atoms with Gasteiger partial charge < -0.3 is 4.74 Å². The minimum Gasteiger partial charge on any atom is -0.497 e. The third kappa shape index (κ3) is 5.90. The van der Waals surface area contributed by atoms with Gasteiger partial charge in [0.1, 0.15) is 5.75 Å². The minimum atomic E-state index is 0.545. The summed E-state index contributed by atoms with van der Waals surface area (Å²) in [6.45, 7) is 2.25. The first kappa shape index (κ1) is 19.6. The molecule has 1 heteroatoms. The zero-order valence-electron chi connectivity index (χ0n) is 16.8. The molecule has 1 aliphatic rings. The van der Waals surface area contributed by atoms with Crippen LogP contribution >= 0.6 is 0 Å². The van der Waals surface area contributed by atoms with Gasteiger partial charge >= 0.3 is 0 Å². The van der Waals surface area contributed by atoms with Crippen LogP contribution in [0.25, 0.3) is 0 Å². The normalized spacial score (nSPS) is 19.2. The van der Waals surface area contributed by atoms with Crippen molar-refractivity contribution in [1.82, 2.24) is 0 Å². The maximum Gasteiger partial charge on any atom is 0.118 e. The summed E-state index contributed by atoms with van der Waals surface area (Å²) in [5, 5.41) is 0. The molecule has 1 fully saturated rings. The number of unbranched alkanes of at least 4 members (excludes halogenated alkanes) is 2. The molecule has 0 unspecified atom stereocenters. The maximum atomic E-state index is 5.26. The van der Waals surface area contributed by atoms with Crippen LogP contribution in [0.3, 0.4) is 0 Å². The first-order chi connectivity index (χ1) is 13.3. The van der Waals surface area contributed by atoms with Crippen LogP contribution in [0.1, 0.15) is 74.5 Å². The molecule has 2 aromatic carbocycles. The van der Waals surface area contributed by atoms with Crippen LogP contribution in [0.4, 0.5) is 0 Å². The van der Waals surface area contributed by atoms with E-state index in [-0.39, 0.29) is 0 Å². The summed E-state index contributed by atoms with van der Waals surface area (Å²) in [6.07, 6.45) is 9.97. The quantitative estimate of drug-likeness (QED) is 0.409. The van der Waals surface area contributed by atoms with Gasteiger partial charge in [0.15, 0.2) is 0 Å². The van der Waals surface area contributed by atoms with Crippen molar-refractivity contribution in [2.24, 2.45) is 5.92 Å². The molecule has 0 radical (unpaired) electrons. The van der Waals surface area contributed by atoms with E-state index in [0.717, 1.165) is 11.3 Å². The van der Waals surface area contributed by atoms with E-state index in [1.807, 2.05) is 0 Å². The third-order valence-corrected chi connectivity index (χ3v) is 5.76. The Morgan fingerprint density at radius 2 is 1.59 bits per heavy atom. The lowest BCUT2D eigenvalue weighted by Crippen LogP contribution is -2.12. The van der Waals surface area contributed by atoms with Gasteiger partial charge in [-0.25, -0.2) is 0 Å². The van der Waals surface area contributed by atoms with Gasteiger partial charge in [-0.3, -0.25) is 0 Å². The molecule has 0 atom stereocenters. The average Bonchev–Trinajstić information content (AvgIpc) is 2.74. The van der Waals surface area contributed by atoms with E-state index >= 15 is 0 Å². The Balaban J connectivity index is 1.49. The van der Waals surface area contributed by atoms with Crippen molar-refractivity contribution in [3.05, 3.63) is 65.2 Å². The third-order valence-electron chi connectivity index (χ3n) is 5.76. The SMILES string of the molecule is CCCCCc1ccc(C#C[C@H]2CC[C@H](c3ccc(OC)cc3)CC2)cc1. The van der Waals surface area contributed by atoms with E-state index in [0.29, 0.717) is 11.8 Å². The van der Waals surface area contributed by atoms with E-state index in [9.17, 15) is 0 Å². The summed E-state index contributed by atoms with van der Waals surface area (Å²) >= 11 is 0. The molecule has 1 saturated carbocycles. The van der Waals surface area contributed by atoms with E-state index < -0.39 is 0 Å². The zero-order chi connectivity index (χ0) is 18.9. The van der Waals surface area contributed by atoms with Crippen LogP contribution in [0.15, 0.2) is 48.5 Å². The largest absolute Gasteiger partial charge is 0.497 e. The standard InChI is InChI=1S/C26H32O/c1-3-4-5-6-21-7-9-22(10-8-21)11-12-23-13-15-24(16-14-23)25-17-19-26(27-2)20-18-25/h7-10,17-20,23-24H,3-6,13-16H2,1-2H3/t23-,24-. The van der Waals surface area contributed by atoms with Gasteiger partial charge in [0, 0.05) is 11.5 Å². The van der Waals surface area contributed by atoms with Gasteiger partial charge in [-0.15, -0.1) is 0 Å². The predicted molar refractivity (Wildman–Crippen MR) is 114 cm³/mol. The molecule has 2 aromatic rings. The fourth-order valence-electron chi connectivity index (χ4n) is 3.97. The Labute approximate surface area is 165 Å². The molecular formula is C26H32O. The van der Waals surface area contributed by atoms with Crippen molar-refractivity contribution in [3.63, 3.8) is 0 Å². The Morgan fingerprint density at radius 1 is 0.889 bits per heavy atom. The molecule has 0 saturated heterocycles. The zero-order valence-corrected chi connectivity index (χ0v) is 16.8. The number of rotatable bonds is 6. The number of ether oxygens (including phenoxy) is 1. The molecule has 0 aliphatic heterocycles. The smallest absolute Gasteiger partial charge is 0.118 e. The summed E-state index contributed by atoms with van der Waals surface area (Å²) in [4.78, 5) is 0. The summed E-state index contributed by atoms with van der Waals surface area (Å²) in [6, 6.07) is 17.5. The van der Waals surface area contributed by atoms with Crippen LogP contribution in [-0.4, -0.2) is 7.11 Å².